The molecule has 0 spiro atoms. The van der Waals surface area contributed by atoms with Crippen LogP contribution in [0.3, 0.4) is 0 Å². The average molecular weight is 567 g/mol. The van der Waals surface area contributed by atoms with E-state index in [4.69, 9.17) is 4.74 Å². The molecule has 8 nitrogen and oxygen atoms in total. The summed E-state index contributed by atoms with van der Waals surface area (Å²) < 4.78 is 34.5. The lowest BCUT2D eigenvalue weighted by Crippen LogP contribution is -2.50. The molecule has 1 aromatic heterocycles. The molecule has 184 valence electrons. The van der Waals surface area contributed by atoms with Crippen LogP contribution in [0.4, 0.5) is 0 Å². The lowest BCUT2D eigenvalue weighted by molar-refractivity contribution is 0.0694. The number of methoxy groups -OCH3 is 1. The zero-order valence-electron chi connectivity index (χ0n) is 19.5. The predicted octanol–water partition coefficient (Wildman–Crippen LogP) is 4.21. The third-order valence-corrected chi connectivity index (χ3v) is 8.67. The number of amides is 1. The number of hydrogen-bond donors (Lipinski definition) is 0. The summed E-state index contributed by atoms with van der Waals surface area (Å²) in [6, 6.07) is 18.1. The van der Waals surface area contributed by atoms with E-state index in [0.29, 0.717) is 11.3 Å². The summed E-state index contributed by atoms with van der Waals surface area (Å²) in [6.45, 7) is 1.01. The van der Waals surface area contributed by atoms with Gasteiger partial charge in [0.1, 0.15) is 5.75 Å². The molecule has 1 saturated heterocycles. The standard InChI is InChI=1S/C26H23BrN4O4S/c1-35-25-16-20(21-8-9-28-29-17-21)4-7-24(25)26(32)30-10-12-31(13-11-30)36(33,34)23-6-3-18-14-22(27)5-2-19(18)15-23/h2-9,14-17H,10-13H2,1H3. The molecule has 2 heterocycles. The van der Waals surface area contributed by atoms with Crippen LogP contribution in [0.1, 0.15) is 10.4 Å². The number of aromatic nitrogens is 2. The Kier molecular flexibility index (Phi) is 6.74. The van der Waals surface area contributed by atoms with Crippen molar-refractivity contribution >= 4 is 42.6 Å². The molecule has 0 N–H and O–H groups in total. The number of sulfonamides is 1. The number of carbonyl (C=O) groups excluding carboxylic acids is 1. The number of carbonyl (C=O) groups is 1. The van der Waals surface area contributed by atoms with E-state index in [2.05, 4.69) is 26.1 Å². The highest BCUT2D eigenvalue weighted by Gasteiger charge is 2.31. The summed E-state index contributed by atoms with van der Waals surface area (Å²) in [6.07, 6.45) is 3.25. The maximum atomic E-state index is 13.3. The fraction of sp³-hybridized carbons (Fsp3) is 0.192. The second kappa shape index (κ2) is 9.96. The Labute approximate surface area is 217 Å². The number of hydrogen-bond acceptors (Lipinski definition) is 6. The van der Waals surface area contributed by atoms with E-state index in [-0.39, 0.29) is 37.0 Å². The average Bonchev–Trinajstić information content (AvgIpc) is 2.92. The molecule has 0 atom stereocenters. The number of fused-ring (bicyclic) bond motifs is 1. The second-order valence-electron chi connectivity index (χ2n) is 8.40. The Hall–Kier alpha value is -3.34. The zero-order valence-corrected chi connectivity index (χ0v) is 21.9. The Bertz CT molecular complexity index is 1540. The monoisotopic (exact) mass is 566 g/mol. The lowest BCUT2D eigenvalue weighted by Gasteiger charge is -2.34. The normalized spacial score (nSPS) is 14.7. The quantitative estimate of drug-likeness (QED) is 0.359. The van der Waals surface area contributed by atoms with Crippen molar-refractivity contribution in [1.29, 1.82) is 0 Å². The van der Waals surface area contributed by atoms with Crippen LogP contribution in [0.5, 0.6) is 5.75 Å². The number of ether oxygens (including phenoxy) is 1. The first-order valence-corrected chi connectivity index (χ1v) is 13.5. The van der Waals surface area contributed by atoms with E-state index in [9.17, 15) is 13.2 Å². The molecule has 0 radical (unpaired) electrons. The first kappa shape index (κ1) is 24.4. The fourth-order valence-electron chi connectivity index (χ4n) is 4.32. The third kappa shape index (κ3) is 4.71. The van der Waals surface area contributed by atoms with Crippen molar-refractivity contribution in [2.45, 2.75) is 4.90 Å². The van der Waals surface area contributed by atoms with Gasteiger partial charge >= 0.3 is 0 Å². The summed E-state index contributed by atoms with van der Waals surface area (Å²) in [7, 11) is -2.16. The zero-order chi connectivity index (χ0) is 25.3. The number of halogens is 1. The molecule has 1 aliphatic heterocycles. The van der Waals surface area contributed by atoms with Crippen molar-refractivity contribution in [2.24, 2.45) is 0 Å². The Balaban J connectivity index is 1.31. The van der Waals surface area contributed by atoms with Crippen LogP contribution in [-0.4, -0.2) is 67.0 Å². The molecule has 0 saturated carbocycles. The fourth-order valence-corrected chi connectivity index (χ4v) is 6.15. The van der Waals surface area contributed by atoms with Crippen molar-refractivity contribution in [2.75, 3.05) is 33.3 Å². The van der Waals surface area contributed by atoms with Gasteiger partial charge in [-0.15, -0.1) is 0 Å². The van der Waals surface area contributed by atoms with Gasteiger partial charge in [-0.2, -0.15) is 14.5 Å². The van der Waals surface area contributed by atoms with Gasteiger partial charge in [0.2, 0.25) is 10.0 Å². The predicted molar refractivity (Wildman–Crippen MR) is 140 cm³/mol. The molecule has 5 rings (SSSR count). The number of rotatable bonds is 5. The van der Waals surface area contributed by atoms with Gasteiger partial charge in [-0.25, -0.2) is 8.42 Å². The number of piperazine rings is 1. The van der Waals surface area contributed by atoms with Gasteiger partial charge < -0.3 is 9.64 Å². The molecule has 10 heteroatoms. The van der Waals surface area contributed by atoms with E-state index in [0.717, 1.165) is 26.4 Å². The summed E-state index contributed by atoms with van der Waals surface area (Å²) in [4.78, 5) is 15.2. The smallest absolute Gasteiger partial charge is 0.257 e. The van der Waals surface area contributed by atoms with Crippen molar-refractivity contribution < 1.29 is 17.9 Å². The summed E-state index contributed by atoms with van der Waals surface area (Å²) in [5.74, 6) is 0.256. The van der Waals surface area contributed by atoms with E-state index in [1.807, 2.05) is 36.4 Å². The Morgan fingerprint density at radius 2 is 1.64 bits per heavy atom. The molecule has 1 aliphatic rings. The molecule has 0 unspecified atom stereocenters. The van der Waals surface area contributed by atoms with E-state index < -0.39 is 10.0 Å². The van der Waals surface area contributed by atoms with Crippen LogP contribution in [0.25, 0.3) is 21.9 Å². The molecule has 4 aromatic rings. The molecular formula is C26H23BrN4O4S. The van der Waals surface area contributed by atoms with Gasteiger partial charge in [0.05, 0.1) is 30.0 Å². The summed E-state index contributed by atoms with van der Waals surface area (Å²) in [5.41, 5.74) is 2.15. The Morgan fingerprint density at radius 1 is 0.889 bits per heavy atom. The summed E-state index contributed by atoms with van der Waals surface area (Å²) >= 11 is 3.44. The van der Waals surface area contributed by atoms with Gasteiger partial charge in [-0.3, -0.25) is 4.79 Å². The molecule has 3 aromatic carbocycles. The van der Waals surface area contributed by atoms with Crippen molar-refractivity contribution in [3.05, 3.63) is 83.1 Å². The van der Waals surface area contributed by atoms with Crippen LogP contribution in [0.2, 0.25) is 0 Å². The first-order chi connectivity index (χ1) is 17.4. The largest absolute Gasteiger partial charge is 0.496 e. The van der Waals surface area contributed by atoms with Crippen molar-refractivity contribution in [3.63, 3.8) is 0 Å². The third-order valence-electron chi connectivity index (χ3n) is 6.29. The van der Waals surface area contributed by atoms with Gasteiger partial charge in [-0.05, 0) is 58.8 Å². The lowest BCUT2D eigenvalue weighted by atomic mass is 10.0. The minimum atomic E-state index is -3.68. The van der Waals surface area contributed by atoms with Crippen LogP contribution in [-0.2, 0) is 10.0 Å². The maximum absolute atomic E-state index is 13.3. The molecule has 1 fully saturated rings. The summed E-state index contributed by atoms with van der Waals surface area (Å²) in [5, 5.41) is 9.49. The molecule has 0 aliphatic carbocycles. The van der Waals surface area contributed by atoms with Gasteiger partial charge in [-0.1, -0.05) is 34.1 Å². The topological polar surface area (TPSA) is 92.7 Å². The number of nitrogens with zero attached hydrogens (tertiary/aromatic N) is 4. The number of benzene rings is 3. The minimum Gasteiger partial charge on any atom is -0.496 e. The van der Waals surface area contributed by atoms with E-state index in [1.54, 1.807) is 41.6 Å². The highest BCUT2D eigenvalue weighted by molar-refractivity contribution is 9.10. The van der Waals surface area contributed by atoms with Crippen LogP contribution >= 0.6 is 15.9 Å². The van der Waals surface area contributed by atoms with E-state index in [1.165, 1.54) is 11.4 Å². The van der Waals surface area contributed by atoms with Gasteiger partial charge in [0, 0.05) is 36.2 Å². The molecule has 0 bridgehead atoms. The van der Waals surface area contributed by atoms with E-state index >= 15 is 0 Å². The highest BCUT2D eigenvalue weighted by atomic mass is 79.9. The second-order valence-corrected chi connectivity index (χ2v) is 11.2. The first-order valence-electron chi connectivity index (χ1n) is 11.3. The van der Waals surface area contributed by atoms with Gasteiger partial charge in [0.25, 0.3) is 5.91 Å². The maximum Gasteiger partial charge on any atom is 0.257 e. The molecule has 1 amide bonds. The van der Waals surface area contributed by atoms with Crippen LogP contribution in [0.15, 0.2) is 82.4 Å². The Morgan fingerprint density at radius 3 is 2.36 bits per heavy atom. The van der Waals surface area contributed by atoms with Crippen LogP contribution < -0.4 is 4.74 Å². The van der Waals surface area contributed by atoms with Crippen molar-refractivity contribution in [1.82, 2.24) is 19.4 Å². The highest BCUT2D eigenvalue weighted by Crippen LogP contribution is 2.29. The SMILES string of the molecule is COc1cc(-c2ccnnc2)ccc1C(=O)N1CCN(S(=O)(=O)c2ccc3cc(Br)ccc3c2)CC1. The molecule has 36 heavy (non-hydrogen) atoms. The van der Waals surface area contributed by atoms with Gasteiger partial charge in [0.15, 0.2) is 0 Å². The van der Waals surface area contributed by atoms with Crippen molar-refractivity contribution in [3.8, 4) is 16.9 Å². The van der Waals surface area contributed by atoms with Crippen LogP contribution in [0, 0.1) is 0 Å². The minimum absolute atomic E-state index is 0.195. The molecular weight excluding hydrogens is 544 g/mol.